The van der Waals surface area contributed by atoms with E-state index in [1.54, 1.807) is 26.1 Å². The summed E-state index contributed by atoms with van der Waals surface area (Å²) in [6, 6.07) is 2.08. The maximum Gasteiger partial charge on any atom is 0.328 e. The minimum Gasteiger partial charge on any atom is -0.480 e. The highest BCUT2D eigenvalue weighted by Crippen LogP contribution is 2.19. The topological polar surface area (TPSA) is 230 Å². The number of H-pyrrole nitrogens is 1. The van der Waals surface area contributed by atoms with Crippen LogP contribution in [0.25, 0.3) is 10.9 Å². The van der Waals surface area contributed by atoms with Crippen LogP contribution < -0.4 is 27.4 Å². The Morgan fingerprint density at radius 1 is 0.972 bits per heavy atom. The van der Waals surface area contributed by atoms with E-state index in [1.807, 2.05) is 18.2 Å². The number of carbonyl (C=O) groups excluding carboxylic acids is 4. The number of nitrogens with two attached hydrogens (primary N) is 2. The van der Waals surface area contributed by atoms with Crippen LogP contribution in [0.3, 0.4) is 0 Å². The fourth-order valence-electron chi connectivity index (χ4n) is 3.55. The Morgan fingerprint density at radius 2 is 1.61 bits per heavy atom. The first-order chi connectivity index (χ1) is 16.9. The van der Waals surface area contributed by atoms with Crippen LogP contribution in [-0.4, -0.2) is 75.6 Å². The molecule has 1 aromatic heterocycles. The highest BCUT2D eigenvalue weighted by molar-refractivity contribution is 5.95. The number of amides is 4. The molecule has 0 fully saturated rings. The molecule has 0 aliphatic rings. The number of aromatic nitrogens is 1. The van der Waals surface area contributed by atoms with Gasteiger partial charge in [0, 0.05) is 23.5 Å². The summed E-state index contributed by atoms with van der Waals surface area (Å²) in [5.74, 6) is -4.99. The first kappa shape index (κ1) is 28.3. The van der Waals surface area contributed by atoms with Gasteiger partial charge in [-0.15, -0.1) is 0 Å². The number of aliphatic hydroxyl groups is 1. The molecule has 1 heterocycles. The van der Waals surface area contributed by atoms with Crippen molar-refractivity contribution in [2.24, 2.45) is 17.4 Å². The number of benzene rings is 1. The maximum atomic E-state index is 13.1. The second-order valence-electron chi connectivity index (χ2n) is 8.71. The number of carbonyl (C=O) groups is 5. The third kappa shape index (κ3) is 7.52. The third-order valence-corrected chi connectivity index (χ3v) is 5.53. The van der Waals surface area contributed by atoms with Gasteiger partial charge in [0.25, 0.3) is 0 Å². The number of hydrogen-bond acceptors (Lipinski definition) is 7. The van der Waals surface area contributed by atoms with Crippen LogP contribution >= 0.6 is 0 Å². The lowest BCUT2D eigenvalue weighted by molar-refractivity contribution is -0.143. The van der Waals surface area contributed by atoms with Gasteiger partial charge in [-0.05, 0) is 17.5 Å². The molecule has 0 aliphatic carbocycles. The van der Waals surface area contributed by atoms with Crippen LogP contribution in [0.5, 0.6) is 0 Å². The van der Waals surface area contributed by atoms with E-state index in [0.717, 1.165) is 10.9 Å². The van der Waals surface area contributed by atoms with Crippen molar-refractivity contribution in [3.05, 3.63) is 36.0 Å². The Hall–Kier alpha value is -3.97. The van der Waals surface area contributed by atoms with Crippen molar-refractivity contribution >= 4 is 40.5 Å². The molecule has 2 rings (SSSR count). The number of fused-ring (bicyclic) bond motifs is 1. The van der Waals surface area contributed by atoms with Crippen molar-refractivity contribution in [1.29, 1.82) is 0 Å². The molecule has 10 N–H and O–H groups in total. The molecule has 2 aromatic rings. The molecule has 0 radical (unpaired) electrons. The van der Waals surface area contributed by atoms with Gasteiger partial charge in [0.1, 0.15) is 18.1 Å². The summed E-state index contributed by atoms with van der Waals surface area (Å²) in [5, 5.41) is 26.5. The molecular weight excluding hydrogens is 472 g/mol. The number of carboxylic acids is 1. The minimum absolute atomic E-state index is 0.0146. The van der Waals surface area contributed by atoms with Crippen molar-refractivity contribution in [2.75, 3.05) is 6.61 Å². The van der Waals surface area contributed by atoms with Crippen molar-refractivity contribution in [3.63, 3.8) is 0 Å². The lowest BCUT2D eigenvalue weighted by Crippen LogP contribution is -2.59. The monoisotopic (exact) mass is 504 g/mol. The van der Waals surface area contributed by atoms with E-state index in [2.05, 4.69) is 20.9 Å². The van der Waals surface area contributed by atoms with Gasteiger partial charge < -0.3 is 42.6 Å². The minimum atomic E-state index is -1.58. The van der Waals surface area contributed by atoms with Crippen LogP contribution in [0.2, 0.25) is 0 Å². The fraction of sp³-hybridized carbons (Fsp3) is 0.435. The molecule has 0 saturated carbocycles. The summed E-state index contributed by atoms with van der Waals surface area (Å²) in [7, 11) is 0. The van der Waals surface area contributed by atoms with E-state index >= 15 is 0 Å². The quantitative estimate of drug-likeness (QED) is 0.153. The molecule has 4 amide bonds. The molecule has 1 aromatic carbocycles. The molecule has 0 spiro atoms. The van der Waals surface area contributed by atoms with E-state index in [9.17, 15) is 34.2 Å². The molecule has 13 heteroatoms. The van der Waals surface area contributed by atoms with E-state index in [4.69, 9.17) is 11.5 Å². The van der Waals surface area contributed by atoms with Gasteiger partial charge in [0.15, 0.2) is 0 Å². The lowest BCUT2D eigenvalue weighted by Gasteiger charge is -2.26. The standard InChI is InChI=1S/C23H32N6O7/c1-11(2)19(29-20(32)14(24)8-18(25)31)22(34)27-16(21(33)28-17(10-30)23(35)36)7-12-9-26-15-6-4-3-5-13(12)15/h3-6,9,11,14,16-17,19,26,30H,7-8,10,24H2,1-2H3,(H2,25,31)(H,27,34)(H,28,33)(H,29,32)(H,35,36). The highest BCUT2D eigenvalue weighted by atomic mass is 16.4. The van der Waals surface area contributed by atoms with Crippen LogP contribution in [0, 0.1) is 5.92 Å². The number of aliphatic carboxylic acids is 1. The Balaban J connectivity index is 2.28. The second-order valence-corrected chi connectivity index (χ2v) is 8.71. The SMILES string of the molecule is CC(C)C(NC(=O)C(N)CC(N)=O)C(=O)NC(Cc1c[nH]c2ccccc12)C(=O)NC(CO)C(=O)O. The predicted molar refractivity (Wildman–Crippen MR) is 129 cm³/mol. The molecule has 0 aliphatic heterocycles. The number of rotatable bonds is 13. The zero-order chi connectivity index (χ0) is 27.0. The van der Waals surface area contributed by atoms with Crippen molar-refractivity contribution in [2.45, 2.75) is 50.9 Å². The summed E-state index contributed by atoms with van der Waals surface area (Å²) < 4.78 is 0. The highest BCUT2D eigenvalue weighted by Gasteiger charge is 2.32. The predicted octanol–water partition coefficient (Wildman–Crippen LogP) is -1.90. The third-order valence-electron chi connectivity index (χ3n) is 5.53. The summed E-state index contributed by atoms with van der Waals surface area (Å²) in [6.07, 6.45) is 1.24. The van der Waals surface area contributed by atoms with Crippen LogP contribution in [0.4, 0.5) is 0 Å². The van der Waals surface area contributed by atoms with Gasteiger partial charge in [-0.25, -0.2) is 4.79 Å². The molecule has 0 saturated heterocycles. The smallest absolute Gasteiger partial charge is 0.328 e. The average Bonchev–Trinajstić information content (AvgIpc) is 3.22. The van der Waals surface area contributed by atoms with Gasteiger partial charge in [-0.3, -0.25) is 19.2 Å². The summed E-state index contributed by atoms with van der Waals surface area (Å²) in [5.41, 5.74) is 12.2. The first-order valence-corrected chi connectivity index (χ1v) is 11.3. The Kier molecular flexibility index (Phi) is 9.93. The van der Waals surface area contributed by atoms with E-state index in [0.29, 0.717) is 5.56 Å². The molecule has 0 bridgehead atoms. The van der Waals surface area contributed by atoms with Crippen molar-refractivity contribution < 1.29 is 34.2 Å². The van der Waals surface area contributed by atoms with E-state index in [1.165, 1.54) is 0 Å². The largest absolute Gasteiger partial charge is 0.480 e. The molecule has 13 nitrogen and oxygen atoms in total. The van der Waals surface area contributed by atoms with E-state index in [-0.39, 0.29) is 6.42 Å². The first-order valence-electron chi connectivity index (χ1n) is 11.3. The van der Waals surface area contributed by atoms with Gasteiger partial charge in [-0.1, -0.05) is 32.0 Å². The van der Waals surface area contributed by atoms with Gasteiger partial charge in [0.05, 0.1) is 19.1 Å². The maximum absolute atomic E-state index is 13.1. The Labute approximate surface area is 207 Å². The Bertz CT molecular complexity index is 1120. The Morgan fingerprint density at radius 3 is 2.19 bits per heavy atom. The number of nitrogens with one attached hydrogen (secondary N) is 4. The van der Waals surface area contributed by atoms with E-state index < -0.39 is 72.7 Å². The van der Waals surface area contributed by atoms with Gasteiger partial charge in [-0.2, -0.15) is 0 Å². The lowest BCUT2D eigenvalue weighted by atomic mass is 10.00. The normalized spacial score (nSPS) is 14.5. The van der Waals surface area contributed by atoms with Crippen molar-refractivity contribution in [3.8, 4) is 0 Å². The van der Waals surface area contributed by atoms with Crippen molar-refractivity contribution in [1.82, 2.24) is 20.9 Å². The molecule has 196 valence electrons. The number of para-hydroxylation sites is 1. The number of carboxylic acid groups (broad SMARTS) is 1. The van der Waals surface area contributed by atoms with Crippen LogP contribution in [0.15, 0.2) is 30.5 Å². The van der Waals surface area contributed by atoms with Crippen LogP contribution in [-0.2, 0) is 30.4 Å². The molecule has 4 atom stereocenters. The summed E-state index contributed by atoms with van der Waals surface area (Å²) >= 11 is 0. The molecule has 36 heavy (non-hydrogen) atoms. The fourth-order valence-corrected chi connectivity index (χ4v) is 3.55. The number of aromatic amines is 1. The zero-order valence-corrected chi connectivity index (χ0v) is 20.0. The van der Waals surface area contributed by atoms with Crippen LogP contribution in [0.1, 0.15) is 25.8 Å². The molecule has 4 unspecified atom stereocenters. The molecular formula is C23H32N6O7. The second kappa shape index (κ2) is 12.7. The number of hydrogen-bond donors (Lipinski definition) is 8. The van der Waals surface area contributed by atoms with Gasteiger partial charge >= 0.3 is 5.97 Å². The van der Waals surface area contributed by atoms with Gasteiger partial charge in [0.2, 0.25) is 23.6 Å². The number of aliphatic hydroxyl groups excluding tert-OH is 1. The zero-order valence-electron chi connectivity index (χ0n) is 20.0. The number of primary amides is 1. The summed E-state index contributed by atoms with van der Waals surface area (Å²) in [4.78, 5) is 64.0. The average molecular weight is 505 g/mol. The summed E-state index contributed by atoms with van der Waals surface area (Å²) in [6.45, 7) is 2.47.